The Balaban J connectivity index is 1.57. The van der Waals surface area contributed by atoms with Gasteiger partial charge in [0, 0.05) is 24.7 Å². The molecule has 2 heterocycles. The van der Waals surface area contributed by atoms with Crippen molar-refractivity contribution in [1.29, 1.82) is 0 Å². The minimum absolute atomic E-state index is 0.259. The van der Waals surface area contributed by atoms with Gasteiger partial charge in [-0.3, -0.25) is 4.79 Å². The van der Waals surface area contributed by atoms with Gasteiger partial charge in [-0.1, -0.05) is 0 Å². The van der Waals surface area contributed by atoms with E-state index in [2.05, 4.69) is 20.2 Å². The van der Waals surface area contributed by atoms with E-state index >= 15 is 0 Å². The van der Waals surface area contributed by atoms with Crippen LogP contribution in [0.15, 0.2) is 18.2 Å². The highest BCUT2D eigenvalue weighted by Crippen LogP contribution is 2.38. The van der Waals surface area contributed by atoms with E-state index in [4.69, 9.17) is 23.7 Å². The van der Waals surface area contributed by atoms with Crippen molar-refractivity contribution in [2.24, 2.45) is 0 Å². The first-order chi connectivity index (χ1) is 15.0. The van der Waals surface area contributed by atoms with E-state index in [1.807, 2.05) is 6.92 Å². The predicted molar refractivity (Wildman–Crippen MR) is 114 cm³/mol. The summed E-state index contributed by atoms with van der Waals surface area (Å²) in [5.74, 6) is 2.88. The summed E-state index contributed by atoms with van der Waals surface area (Å²) in [6, 6.07) is 5.00. The molecule has 0 saturated carbocycles. The van der Waals surface area contributed by atoms with Gasteiger partial charge in [0.15, 0.2) is 11.5 Å². The molecule has 0 spiro atoms. The van der Waals surface area contributed by atoms with E-state index in [1.54, 1.807) is 18.2 Å². The number of benzene rings is 1. The van der Waals surface area contributed by atoms with Gasteiger partial charge in [-0.05, 0) is 19.1 Å². The summed E-state index contributed by atoms with van der Waals surface area (Å²) in [5, 5.41) is 2.82. The van der Waals surface area contributed by atoms with Crippen molar-refractivity contribution in [2.75, 3.05) is 65.7 Å². The number of anilines is 1. The zero-order chi connectivity index (χ0) is 22.2. The molecule has 31 heavy (non-hydrogen) atoms. The Morgan fingerprint density at radius 1 is 1.06 bits per heavy atom. The molecule has 1 aromatic heterocycles. The van der Waals surface area contributed by atoms with Crippen LogP contribution in [-0.4, -0.2) is 76.7 Å². The number of methoxy groups -OCH3 is 3. The maximum atomic E-state index is 12.5. The van der Waals surface area contributed by atoms with E-state index in [0.29, 0.717) is 54.3 Å². The van der Waals surface area contributed by atoms with Crippen molar-refractivity contribution in [3.8, 4) is 23.1 Å². The molecule has 0 radical (unpaired) electrons. The minimum atomic E-state index is -0.282. The second-order valence-electron chi connectivity index (χ2n) is 6.73. The second kappa shape index (κ2) is 10.7. The Morgan fingerprint density at radius 2 is 1.74 bits per heavy atom. The first-order valence-corrected chi connectivity index (χ1v) is 9.95. The Morgan fingerprint density at radius 3 is 2.35 bits per heavy atom. The predicted octanol–water partition coefficient (Wildman–Crippen LogP) is 1.46. The van der Waals surface area contributed by atoms with Gasteiger partial charge < -0.3 is 33.9 Å². The summed E-state index contributed by atoms with van der Waals surface area (Å²) in [7, 11) is 4.51. The Hall–Kier alpha value is -3.27. The van der Waals surface area contributed by atoms with E-state index < -0.39 is 0 Å². The van der Waals surface area contributed by atoms with E-state index in [1.165, 1.54) is 21.3 Å². The van der Waals surface area contributed by atoms with Crippen LogP contribution in [-0.2, 0) is 4.74 Å². The van der Waals surface area contributed by atoms with Gasteiger partial charge in [-0.15, -0.1) is 0 Å². The molecule has 0 atom stereocenters. The number of ether oxygens (including phenoxy) is 5. The Kier molecular flexibility index (Phi) is 7.71. The molecule has 1 saturated heterocycles. The molecule has 168 valence electrons. The van der Waals surface area contributed by atoms with E-state index in [0.717, 1.165) is 18.9 Å². The molecule has 0 aliphatic carbocycles. The highest BCUT2D eigenvalue weighted by atomic mass is 16.5. The fourth-order valence-electron chi connectivity index (χ4n) is 3.19. The number of nitrogens with zero attached hydrogens (tertiary/aromatic N) is 3. The molecule has 1 aliphatic rings. The van der Waals surface area contributed by atoms with Crippen LogP contribution in [0.3, 0.4) is 0 Å². The first-order valence-electron chi connectivity index (χ1n) is 9.95. The molecule has 10 nitrogen and oxygen atoms in total. The summed E-state index contributed by atoms with van der Waals surface area (Å²) in [6.07, 6.45) is 0. The van der Waals surface area contributed by atoms with Crippen molar-refractivity contribution in [2.45, 2.75) is 6.92 Å². The number of aryl methyl sites for hydroxylation is 1. The molecular weight excluding hydrogens is 404 g/mol. The smallest absolute Gasteiger partial charge is 0.251 e. The fourth-order valence-corrected chi connectivity index (χ4v) is 3.19. The lowest BCUT2D eigenvalue weighted by atomic mass is 10.1. The number of hydrogen-bond acceptors (Lipinski definition) is 9. The van der Waals surface area contributed by atoms with Crippen LogP contribution in [0, 0.1) is 6.92 Å². The number of rotatable bonds is 9. The van der Waals surface area contributed by atoms with Crippen LogP contribution in [0.1, 0.15) is 16.2 Å². The molecular formula is C21H28N4O6. The third-order valence-electron chi connectivity index (χ3n) is 4.70. The topological polar surface area (TPSA) is 104 Å². The molecule has 1 aliphatic heterocycles. The summed E-state index contributed by atoms with van der Waals surface area (Å²) in [6.45, 7) is 5.28. The van der Waals surface area contributed by atoms with Crippen molar-refractivity contribution in [1.82, 2.24) is 15.3 Å². The van der Waals surface area contributed by atoms with E-state index in [9.17, 15) is 4.79 Å². The zero-order valence-corrected chi connectivity index (χ0v) is 18.3. The third kappa shape index (κ3) is 5.66. The molecule has 2 aromatic rings. The molecule has 1 amide bonds. The van der Waals surface area contributed by atoms with Crippen LogP contribution in [0.4, 0.5) is 5.82 Å². The Labute approximate surface area is 181 Å². The standard InChI is InChI=1S/C21H28N4O6/c1-14-23-18(25-6-9-30-10-7-25)13-19(24-14)31-8-5-22-21(26)15-11-16(27-2)20(29-4)17(12-15)28-3/h11-13H,5-10H2,1-4H3,(H,22,26). The maximum Gasteiger partial charge on any atom is 0.251 e. The monoisotopic (exact) mass is 432 g/mol. The fraction of sp³-hybridized carbons (Fsp3) is 0.476. The molecule has 10 heteroatoms. The Bertz CT molecular complexity index is 876. The van der Waals surface area contributed by atoms with Gasteiger partial charge in [-0.25, -0.2) is 4.98 Å². The molecule has 3 rings (SSSR count). The molecule has 1 aromatic carbocycles. The number of nitrogens with one attached hydrogen (secondary N) is 1. The van der Waals surface area contributed by atoms with Gasteiger partial charge in [-0.2, -0.15) is 4.98 Å². The zero-order valence-electron chi connectivity index (χ0n) is 18.3. The average Bonchev–Trinajstić information content (AvgIpc) is 2.80. The van der Waals surface area contributed by atoms with Crippen LogP contribution in [0.25, 0.3) is 0 Å². The lowest BCUT2D eigenvalue weighted by Gasteiger charge is -2.28. The summed E-state index contributed by atoms with van der Waals surface area (Å²) < 4.78 is 27.0. The van der Waals surface area contributed by atoms with Crippen LogP contribution < -0.4 is 29.2 Å². The normalized spacial score (nSPS) is 13.5. The quantitative estimate of drug-likeness (QED) is 0.590. The van der Waals surface area contributed by atoms with Crippen LogP contribution in [0.5, 0.6) is 23.1 Å². The SMILES string of the molecule is COc1cc(C(=O)NCCOc2cc(N3CCOCC3)nc(C)n2)cc(OC)c1OC. The average molecular weight is 432 g/mol. The summed E-state index contributed by atoms with van der Waals surface area (Å²) >= 11 is 0. The van der Waals surface area contributed by atoms with Gasteiger partial charge in [0.2, 0.25) is 11.6 Å². The lowest BCUT2D eigenvalue weighted by molar-refractivity contribution is 0.0945. The highest BCUT2D eigenvalue weighted by molar-refractivity contribution is 5.95. The van der Waals surface area contributed by atoms with Gasteiger partial charge in [0.05, 0.1) is 41.1 Å². The van der Waals surface area contributed by atoms with Crippen molar-refractivity contribution >= 4 is 11.7 Å². The van der Waals surface area contributed by atoms with Crippen LogP contribution >= 0.6 is 0 Å². The molecule has 1 fully saturated rings. The molecule has 0 bridgehead atoms. The van der Waals surface area contributed by atoms with Gasteiger partial charge in [0.25, 0.3) is 5.91 Å². The minimum Gasteiger partial charge on any atom is -0.493 e. The number of carbonyl (C=O) groups is 1. The highest BCUT2D eigenvalue weighted by Gasteiger charge is 2.17. The van der Waals surface area contributed by atoms with E-state index in [-0.39, 0.29) is 12.5 Å². The number of carbonyl (C=O) groups excluding carboxylic acids is 1. The van der Waals surface area contributed by atoms with Crippen molar-refractivity contribution < 1.29 is 28.5 Å². The number of aromatic nitrogens is 2. The molecule has 1 N–H and O–H groups in total. The largest absolute Gasteiger partial charge is 0.493 e. The number of hydrogen-bond donors (Lipinski definition) is 1. The van der Waals surface area contributed by atoms with Crippen molar-refractivity contribution in [3.05, 3.63) is 29.6 Å². The van der Waals surface area contributed by atoms with Crippen LogP contribution in [0.2, 0.25) is 0 Å². The number of morpholine rings is 1. The molecule has 0 unspecified atom stereocenters. The number of amides is 1. The summed E-state index contributed by atoms with van der Waals surface area (Å²) in [4.78, 5) is 23.5. The van der Waals surface area contributed by atoms with Gasteiger partial charge >= 0.3 is 0 Å². The van der Waals surface area contributed by atoms with Crippen molar-refractivity contribution in [3.63, 3.8) is 0 Å². The first kappa shape index (κ1) is 22.4. The maximum absolute atomic E-state index is 12.5. The lowest BCUT2D eigenvalue weighted by Crippen LogP contribution is -2.37. The second-order valence-corrected chi connectivity index (χ2v) is 6.73. The third-order valence-corrected chi connectivity index (χ3v) is 4.70. The summed E-state index contributed by atoms with van der Waals surface area (Å²) in [5.41, 5.74) is 0.391. The van der Waals surface area contributed by atoms with Gasteiger partial charge in [0.1, 0.15) is 18.2 Å².